The van der Waals surface area contributed by atoms with Crippen LogP contribution in [0.15, 0.2) is 24.3 Å². The van der Waals surface area contributed by atoms with E-state index in [1.165, 1.54) is 11.1 Å². The number of rotatable bonds is 5. The van der Waals surface area contributed by atoms with Crippen molar-refractivity contribution in [1.82, 2.24) is 5.32 Å². The van der Waals surface area contributed by atoms with Crippen LogP contribution in [-0.4, -0.2) is 12.6 Å². The molecular weight excluding hydrogens is 230 g/mol. The first-order valence-electron chi connectivity index (χ1n) is 7.60. The third kappa shape index (κ3) is 2.45. The van der Waals surface area contributed by atoms with E-state index >= 15 is 0 Å². The molecule has 1 unspecified atom stereocenters. The molecule has 0 aliphatic heterocycles. The van der Waals surface area contributed by atoms with Crippen LogP contribution in [0.1, 0.15) is 45.7 Å². The Labute approximate surface area is 118 Å². The van der Waals surface area contributed by atoms with Gasteiger partial charge in [0, 0.05) is 6.04 Å². The summed E-state index contributed by atoms with van der Waals surface area (Å²) in [6.45, 7) is 15.2. The van der Waals surface area contributed by atoms with Gasteiger partial charge in [-0.1, -0.05) is 58.9 Å². The summed E-state index contributed by atoms with van der Waals surface area (Å²) in [5.74, 6) is 0.763. The van der Waals surface area contributed by atoms with Crippen molar-refractivity contribution in [2.24, 2.45) is 16.7 Å². The van der Waals surface area contributed by atoms with E-state index in [0.29, 0.717) is 16.9 Å². The monoisotopic (exact) mass is 259 g/mol. The van der Waals surface area contributed by atoms with Crippen molar-refractivity contribution in [3.63, 3.8) is 0 Å². The van der Waals surface area contributed by atoms with Crippen LogP contribution in [0.5, 0.6) is 0 Å². The fourth-order valence-corrected chi connectivity index (χ4v) is 3.90. The first-order chi connectivity index (χ1) is 8.82. The van der Waals surface area contributed by atoms with E-state index in [1.54, 1.807) is 0 Å². The van der Waals surface area contributed by atoms with Crippen LogP contribution < -0.4 is 5.32 Å². The molecule has 19 heavy (non-hydrogen) atoms. The third-order valence-corrected chi connectivity index (χ3v) is 5.70. The number of benzene rings is 1. The van der Waals surface area contributed by atoms with Gasteiger partial charge >= 0.3 is 0 Å². The molecular formula is C18H29N. The molecule has 2 rings (SSSR count). The van der Waals surface area contributed by atoms with Crippen LogP contribution in [0.3, 0.4) is 0 Å². The minimum absolute atomic E-state index is 0.447. The second-order valence-electron chi connectivity index (χ2n) is 7.22. The summed E-state index contributed by atoms with van der Waals surface area (Å²) in [5, 5.41) is 3.73. The lowest BCUT2D eigenvalue weighted by Gasteiger charge is -2.21. The highest BCUT2D eigenvalue weighted by Crippen LogP contribution is 2.69. The highest BCUT2D eigenvalue weighted by Gasteiger charge is 2.66. The lowest BCUT2D eigenvalue weighted by Crippen LogP contribution is -2.35. The Morgan fingerprint density at radius 1 is 1.11 bits per heavy atom. The van der Waals surface area contributed by atoms with Gasteiger partial charge in [0.15, 0.2) is 0 Å². The van der Waals surface area contributed by atoms with Gasteiger partial charge in [0.25, 0.3) is 0 Å². The van der Waals surface area contributed by atoms with E-state index < -0.39 is 0 Å². The topological polar surface area (TPSA) is 12.0 Å². The molecule has 0 heterocycles. The molecule has 1 saturated carbocycles. The molecule has 1 heteroatoms. The smallest absolute Gasteiger partial charge is 0.0146 e. The Kier molecular flexibility index (Phi) is 3.79. The summed E-state index contributed by atoms with van der Waals surface area (Å²) in [5.41, 5.74) is 3.80. The van der Waals surface area contributed by atoms with E-state index in [1.807, 2.05) is 0 Å². The van der Waals surface area contributed by atoms with E-state index in [-0.39, 0.29) is 0 Å². The number of nitrogens with one attached hydrogen (secondary N) is 1. The molecule has 1 aliphatic rings. The van der Waals surface area contributed by atoms with Crippen molar-refractivity contribution in [3.05, 3.63) is 35.4 Å². The summed E-state index contributed by atoms with van der Waals surface area (Å²) >= 11 is 0. The molecule has 1 atom stereocenters. The average molecular weight is 259 g/mol. The summed E-state index contributed by atoms with van der Waals surface area (Å²) in [4.78, 5) is 0. The summed E-state index contributed by atoms with van der Waals surface area (Å²) in [6.07, 6.45) is 1.15. The van der Waals surface area contributed by atoms with Crippen LogP contribution in [-0.2, 0) is 6.42 Å². The maximum Gasteiger partial charge on any atom is 0.0146 e. The zero-order valence-corrected chi connectivity index (χ0v) is 13.4. The number of aryl methyl sites for hydroxylation is 1. The van der Waals surface area contributed by atoms with Gasteiger partial charge in [-0.05, 0) is 47.8 Å². The normalized spacial score (nSPS) is 22.2. The first kappa shape index (κ1) is 14.6. The van der Waals surface area contributed by atoms with Crippen LogP contribution in [0, 0.1) is 23.7 Å². The molecule has 1 aliphatic carbocycles. The average Bonchev–Trinajstić information content (AvgIpc) is 2.72. The van der Waals surface area contributed by atoms with Crippen LogP contribution in [0.4, 0.5) is 0 Å². The second-order valence-corrected chi connectivity index (χ2v) is 7.22. The highest BCUT2D eigenvalue weighted by atomic mass is 15.0. The molecule has 0 radical (unpaired) electrons. The zero-order chi connectivity index (χ0) is 14.3. The minimum atomic E-state index is 0.447. The molecule has 1 N–H and O–H groups in total. The van der Waals surface area contributed by atoms with Gasteiger partial charge in [-0.25, -0.2) is 0 Å². The SMILES string of the molecule is CCNC(Cc1ccccc1C)C1C(C)(C)C1(C)C. The maximum atomic E-state index is 3.73. The van der Waals surface area contributed by atoms with Crippen molar-refractivity contribution in [2.75, 3.05) is 6.54 Å². The van der Waals surface area contributed by atoms with Crippen LogP contribution in [0.2, 0.25) is 0 Å². The summed E-state index contributed by atoms with van der Waals surface area (Å²) in [6, 6.07) is 9.39. The number of hydrogen-bond donors (Lipinski definition) is 1. The predicted molar refractivity (Wildman–Crippen MR) is 83.4 cm³/mol. The standard InChI is InChI=1S/C18H29N/c1-7-19-15(16-17(3,4)18(16,5)6)12-14-11-9-8-10-13(14)2/h8-11,15-16,19H,7,12H2,1-6H3. The largest absolute Gasteiger partial charge is 0.314 e. The van der Waals surface area contributed by atoms with E-state index in [4.69, 9.17) is 0 Å². The van der Waals surface area contributed by atoms with E-state index in [0.717, 1.165) is 18.9 Å². The van der Waals surface area contributed by atoms with Crippen molar-refractivity contribution in [2.45, 2.75) is 54.0 Å². The quantitative estimate of drug-likeness (QED) is 0.835. The minimum Gasteiger partial charge on any atom is -0.314 e. The second kappa shape index (κ2) is 4.94. The molecule has 1 nitrogen and oxygen atoms in total. The fourth-order valence-electron chi connectivity index (χ4n) is 3.90. The number of hydrogen-bond acceptors (Lipinski definition) is 1. The molecule has 106 valence electrons. The van der Waals surface area contributed by atoms with E-state index in [2.05, 4.69) is 71.1 Å². The Hall–Kier alpha value is -0.820. The molecule has 0 spiro atoms. The van der Waals surface area contributed by atoms with Crippen molar-refractivity contribution in [1.29, 1.82) is 0 Å². The van der Waals surface area contributed by atoms with Gasteiger partial charge in [0.1, 0.15) is 0 Å². The summed E-state index contributed by atoms with van der Waals surface area (Å²) in [7, 11) is 0. The molecule has 0 bridgehead atoms. The maximum absolute atomic E-state index is 3.73. The lowest BCUT2D eigenvalue weighted by molar-refractivity contribution is 0.402. The van der Waals surface area contributed by atoms with E-state index in [9.17, 15) is 0 Å². The lowest BCUT2D eigenvalue weighted by atomic mass is 9.94. The van der Waals surface area contributed by atoms with Crippen LogP contribution in [0.25, 0.3) is 0 Å². The Morgan fingerprint density at radius 2 is 1.68 bits per heavy atom. The van der Waals surface area contributed by atoms with Crippen molar-refractivity contribution < 1.29 is 0 Å². The summed E-state index contributed by atoms with van der Waals surface area (Å²) < 4.78 is 0. The predicted octanol–water partition coefficient (Wildman–Crippen LogP) is 4.20. The van der Waals surface area contributed by atoms with Crippen molar-refractivity contribution in [3.8, 4) is 0 Å². The first-order valence-corrected chi connectivity index (χ1v) is 7.60. The molecule has 1 aromatic rings. The van der Waals surface area contributed by atoms with Crippen LogP contribution >= 0.6 is 0 Å². The Balaban J connectivity index is 2.17. The number of likely N-dealkylation sites (N-methyl/N-ethyl adjacent to an activating group) is 1. The molecule has 0 aromatic heterocycles. The molecule has 0 saturated heterocycles. The fraction of sp³-hybridized carbons (Fsp3) is 0.667. The third-order valence-electron chi connectivity index (χ3n) is 5.70. The van der Waals surface area contributed by atoms with Gasteiger partial charge < -0.3 is 5.32 Å². The van der Waals surface area contributed by atoms with Crippen molar-refractivity contribution >= 4 is 0 Å². The Morgan fingerprint density at radius 3 is 2.16 bits per heavy atom. The Bertz CT molecular complexity index is 431. The zero-order valence-electron chi connectivity index (χ0n) is 13.4. The van der Waals surface area contributed by atoms with Gasteiger partial charge in [0.05, 0.1) is 0 Å². The highest BCUT2D eigenvalue weighted by molar-refractivity contribution is 5.28. The van der Waals surface area contributed by atoms with Gasteiger partial charge in [0.2, 0.25) is 0 Å². The molecule has 1 aromatic carbocycles. The van der Waals surface area contributed by atoms with Gasteiger partial charge in [-0.15, -0.1) is 0 Å². The van der Waals surface area contributed by atoms with Gasteiger partial charge in [-0.2, -0.15) is 0 Å². The molecule has 0 amide bonds. The van der Waals surface area contributed by atoms with Gasteiger partial charge in [-0.3, -0.25) is 0 Å². The molecule has 1 fully saturated rings.